The van der Waals surface area contributed by atoms with Crippen molar-refractivity contribution in [2.45, 2.75) is 33.6 Å². The van der Waals surface area contributed by atoms with Gasteiger partial charge < -0.3 is 0 Å². The molecule has 0 aliphatic carbocycles. The molecule has 3 heteroatoms. The van der Waals surface area contributed by atoms with E-state index >= 15 is 0 Å². The second-order valence-corrected chi connectivity index (χ2v) is 5.45. The predicted octanol–water partition coefficient (Wildman–Crippen LogP) is 4.77. The van der Waals surface area contributed by atoms with Gasteiger partial charge in [0, 0.05) is 11.8 Å². The van der Waals surface area contributed by atoms with Crippen LogP contribution in [-0.2, 0) is 4.84 Å². The second-order valence-electron chi connectivity index (χ2n) is 5.45. The highest BCUT2D eigenvalue weighted by Crippen LogP contribution is 2.24. The summed E-state index contributed by atoms with van der Waals surface area (Å²) in [6.45, 7) is 8.93. The molecule has 1 N–H and O–H groups in total. The van der Waals surface area contributed by atoms with Crippen LogP contribution in [0.25, 0.3) is 16.8 Å². The van der Waals surface area contributed by atoms with Crippen molar-refractivity contribution in [1.29, 1.82) is 0 Å². The van der Waals surface area contributed by atoms with Gasteiger partial charge in [0.2, 0.25) is 0 Å². The van der Waals surface area contributed by atoms with Gasteiger partial charge in [0.05, 0.1) is 18.0 Å². The third-order valence-corrected chi connectivity index (χ3v) is 3.54. The molecule has 1 heterocycles. The highest BCUT2D eigenvalue weighted by molar-refractivity contribution is 5.66. The van der Waals surface area contributed by atoms with E-state index in [0.29, 0.717) is 12.5 Å². The SMILES string of the molecule is CC=C(NOCC)c1ccc(-c2cccc(C(C)C)c2)cn1. The van der Waals surface area contributed by atoms with Gasteiger partial charge >= 0.3 is 0 Å². The normalized spacial score (nSPS) is 11.8. The van der Waals surface area contributed by atoms with Crippen molar-refractivity contribution in [3.63, 3.8) is 0 Å². The first-order valence-electron chi connectivity index (χ1n) is 7.76. The quantitative estimate of drug-likeness (QED) is 0.779. The summed E-state index contributed by atoms with van der Waals surface area (Å²) in [5.41, 5.74) is 8.33. The lowest BCUT2D eigenvalue weighted by Gasteiger charge is -2.11. The number of hydroxylamine groups is 1. The Kier molecular flexibility index (Phi) is 5.73. The van der Waals surface area contributed by atoms with E-state index in [2.05, 4.69) is 54.6 Å². The highest BCUT2D eigenvalue weighted by Gasteiger charge is 2.05. The number of hydrogen-bond donors (Lipinski definition) is 1. The smallest absolute Gasteiger partial charge is 0.0881 e. The standard InChI is InChI=1S/C19H24N2O/c1-5-18(21-22-6-2)19-11-10-17(13-20-19)16-9-7-8-15(12-16)14(3)4/h5,7-14,21H,6H2,1-4H3. The zero-order valence-corrected chi connectivity index (χ0v) is 13.8. The predicted molar refractivity (Wildman–Crippen MR) is 92.2 cm³/mol. The lowest BCUT2D eigenvalue weighted by atomic mass is 9.98. The Morgan fingerprint density at radius 2 is 2.05 bits per heavy atom. The van der Waals surface area contributed by atoms with Crippen molar-refractivity contribution in [3.8, 4) is 11.1 Å². The van der Waals surface area contributed by atoms with Crippen LogP contribution in [0.5, 0.6) is 0 Å². The Bertz CT molecular complexity index is 630. The first-order chi connectivity index (χ1) is 10.7. The molecule has 0 fully saturated rings. The van der Waals surface area contributed by atoms with Crippen molar-refractivity contribution >= 4 is 5.70 Å². The van der Waals surface area contributed by atoms with Gasteiger partial charge in [0.1, 0.15) is 0 Å². The largest absolute Gasteiger partial charge is 0.276 e. The van der Waals surface area contributed by atoms with Gasteiger partial charge in [0.15, 0.2) is 0 Å². The molecule has 3 nitrogen and oxygen atoms in total. The van der Waals surface area contributed by atoms with Gasteiger partial charge in [-0.3, -0.25) is 15.3 Å². The van der Waals surface area contributed by atoms with Crippen molar-refractivity contribution < 1.29 is 4.84 Å². The zero-order chi connectivity index (χ0) is 15.9. The lowest BCUT2D eigenvalue weighted by molar-refractivity contribution is 0.0896. The molecular weight excluding hydrogens is 272 g/mol. The van der Waals surface area contributed by atoms with Crippen molar-refractivity contribution in [1.82, 2.24) is 10.5 Å². The molecule has 0 amide bonds. The molecule has 0 saturated heterocycles. The maximum Gasteiger partial charge on any atom is 0.0881 e. The molecule has 0 atom stereocenters. The van der Waals surface area contributed by atoms with E-state index in [1.807, 2.05) is 32.2 Å². The summed E-state index contributed by atoms with van der Waals surface area (Å²) < 4.78 is 0. The van der Waals surface area contributed by atoms with Crippen LogP contribution < -0.4 is 5.48 Å². The molecular formula is C19H24N2O. The summed E-state index contributed by atoms with van der Waals surface area (Å²) in [5.74, 6) is 0.525. The maximum absolute atomic E-state index is 5.24. The fourth-order valence-corrected chi connectivity index (χ4v) is 2.21. The van der Waals surface area contributed by atoms with E-state index in [1.165, 1.54) is 11.1 Å². The number of benzene rings is 1. The van der Waals surface area contributed by atoms with Crippen LogP contribution in [0.1, 0.15) is 44.9 Å². The van der Waals surface area contributed by atoms with E-state index in [9.17, 15) is 0 Å². The molecule has 0 unspecified atom stereocenters. The third-order valence-electron chi connectivity index (χ3n) is 3.54. The van der Waals surface area contributed by atoms with E-state index in [1.54, 1.807) is 0 Å². The second kappa shape index (κ2) is 7.76. The van der Waals surface area contributed by atoms with Crippen LogP contribution in [0.15, 0.2) is 48.7 Å². The van der Waals surface area contributed by atoms with Gasteiger partial charge in [-0.05, 0) is 37.0 Å². The molecule has 0 saturated carbocycles. The monoisotopic (exact) mass is 296 g/mol. The minimum atomic E-state index is 0.525. The van der Waals surface area contributed by atoms with Crippen LogP contribution in [0.4, 0.5) is 0 Å². The number of nitrogens with zero attached hydrogens (tertiary/aromatic N) is 1. The Hall–Kier alpha value is -2.13. The Balaban J connectivity index is 2.23. The number of hydrogen-bond acceptors (Lipinski definition) is 3. The Morgan fingerprint density at radius 1 is 1.23 bits per heavy atom. The van der Waals surface area contributed by atoms with Gasteiger partial charge in [-0.25, -0.2) is 0 Å². The van der Waals surface area contributed by atoms with Gasteiger partial charge in [-0.15, -0.1) is 0 Å². The number of nitrogens with one attached hydrogen (secondary N) is 1. The highest BCUT2D eigenvalue weighted by atomic mass is 16.6. The van der Waals surface area contributed by atoms with Crippen LogP contribution in [0.2, 0.25) is 0 Å². The first kappa shape index (κ1) is 16.2. The van der Waals surface area contributed by atoms with Crippen molar-refractivity contribution in [3.05, 3.63) is 59.9 Å². The summed E-state index contributed by atoms with van der Waals surface area (Å²) in [7, 11) is 0. The summed E-state index contributed by atoms with van der Waals surface area (Å²) in [4.78, 5) is 9.78. The Morgan fingerprint density at radius 3 is 2.64 bits per heavy atom. The molecule has 0 aliphatic rings. The molecule has 2 aromatic rings. The summed E-state index contributed by atoms with van der Waals surface area (Å²) in [6, 6.07) is 12.7. The lowest BCUT2D eigenvalue weighted by Crippen LogP contribution is -2.13. The zero-order valence-electron chi connectivity index (χ0n) is 13.8. The van der Waals surface area contributed by atoms with Crippen LogP contribution in [0, 0.1) is 0 Å². The molecule has 0 aliphatic heterocycles. The summed E-state index contributed by atoms with van der Waals surface area (Å²) >= 11 is 0. The van der Waals surface area contributed by atoms with Crippen LogP contribution >= 0.6 is 0 Å². The number of aromatic nitrogens is 1. The van der Waals surface area contributed by atoms with Crippen LogP contribution in [0.3, 0.4) is 0 Å². The van der Waals surface area contributed by atoms with Gasteiger partial charge in [-0.1, -0.05) is 50.3 Å². The maximum atomic E-state index is 5.24. The molecule has 1 aromatic carbocycles. The summed E-state index contributed by atoms with van der Waals surface area (Å²) in [5, 5.41) is 0. The van der Waals surface area contributed by atoms with E-state index in [0.717, 1.165) is 17.0 Å². The fraction of sp³-hybridized carbons (Fsp3) is 0.316. The number of allylic oxidation sites excluding steroid dienone is 1. The molecule has 0 spiro atoms. The molecule has 1 aromatic heterocycles. The minimum absolute atomic E-state index is 0.525. The van der Waals surface area contributed by atoms with E-state index in [4.69, 9.17) is 4.84 Å². The minimum Gasteiger partial charge on any atom is -0.276 e. The fourth-order valence-electron chi connectivity index (χ4n) is 2.21. The average Bonchev–Trinajstić information content (AvgIpc) is 2.56. The topological polar surface area (TPSA) is 34.1 Å². The molecule has 22 heavy (non-hydrogen) atoms. The summed E-state index contributed by atoms with van der Waals surface area (Å²) in [6.07, 6.45) is 3.86. The molecule has 116 valence electrons. The van der Waals surface area contributed by atoms with E-state index < -0.39 is 0 Å². The van der Waals surface area contributed by atoms with E-state index in [-0.39, 0.29) is 0 Å². The van der Waals surface area contributed by atoms with Crippen LogP contribution in [-0.4, -0.2) is 11.6 Å². The molecule has 0 bridgehead atoms. The van der Waals surface area contributed by atoms with Gasteiger partial charge in [-0.2, -0.15) is 0 Å². The first-order valence-corrected chi connectivity index (χ1v) is 7.76. The van der Waals surface area contributed by atoms with Crippen molar-refractivity contribution in [2.24, 2.45) is 0 Å². The average molecular weight is 296 g/mol. The Labute approximate surface area is 133 Å². The molecule has 2 rings (SSSR count). The van der Waals surface area contributed by atoms with Crippen molar-refractivity contribution in [2.75, 3.05) is 6.61 Å². The van der Waals surface area contributed by atoms with Gasteiger partial charge in [0.25, 0.3) is 0 Å². The number of pyridine rings is 1. The molecule has 0 radical (unpaired) electrons. The third kappa shape index (κ3) is 3.95. The number of rotatable bonds is 6.